The molecule has 0 amide bonds. The Morgan fingerprint density at radius 1 is 0.818 bits per heavy atom. The molecule has 2 N–H and O–H groups in total. The highest BCUT2D eigenvalue weighted by Gasteiger charge is 2.13. The van der Waals surface area contributed by atoms with Crippen molar-refractivity contribution in [2.75, 3.05) is 0 Å². The van der Waals surface area contributed by atoms with E-state index in [-0.39, 0.29) is 63.5 Å². The van der Waals surface area contributed by atoms with Gasteiger partial charge in [-0.05, 0) is 29.7 Å². The van der Waals surface area contributed by atoms with Gasteiger partial charge in [0.05, 0.1) is 19.3 Å². The van der Waals surface area contributed by atoms with Gasteiger partial charge in [-0.1, -0.05) is 48.4 Å². The summed E-state index contributed by atoms with van der Waals surface area (Å²) in [5, 5.41) is 19.0. The lowest BCUT2D eigenvalue weighted by molar-refractivity contribution is 0.426. The fourth-order valence-electron chi connectivity index (χ4n) is 2.57. The maximum absolute atomic E-state index is 9.31. The summed E-state index contributed by atoms with van der Waals surface area (Å²) in [6, 6.07) is 7.87. The molecule has 0 unspecified atom stereocenters. The van der Waals surface area contributed by atoms with Crippen molar-refractivity contribution in [1.82, 2.24) is 4.57 Å². The van der Waals surface area contributed by atoms with Gasteiger partial charge in [0.15, 0.2) is 0 Å². The van der Waals surface area contributed by atoms with E-state index < -0.39 is 7.12 Å². The van der Waals surface area contributed by atoms with Crippen molar-refractivity contribution >= 4 is 34.4 Å². The molecule has 0 radical (unpaired) electrons. The van der Waals surface area contributed by atoms with E-state index in [1.165, 1.54) is 24.3 Å². The van der Waals surface area contributed by atoms with Crippen LogP contribution >= 0.6 is 0 Å². The Balaban J connectivity index is 2.25. The number of benzene rings is 3. The summed E-state index contributed by atoms with van der Waals surface area (Å²) in [6.07, 6.45) is 0. The number of aromatic nitrogens is 1. The van der Waals surface area contributed by atoms with E-state index in [0.29, 0.717) is 5.69 Å². The van der Waals surface area contributed by atoms with Crippen molar-refractivity contribution in [2.24, 2.45) is 0 Å². The maximum atomic E-state index is 9.31. The monoisotopic (exact) mass is 293 g/mol. The largest absolute Gasteiger partial charge is 0.488 e. The summed E-state index contributed by atoms with van der Waals surface area (Å²) >= 11 is 0. The summed E-state index contributed by atoms with van der Waals surface area (Å²) < 4.78 is 50.8. The zero-order valence-corrected chi connectivity index (χ0v) is 11.4. The molecular formula is C18H14BNO2. The molecule has 0 atom stereocenters. The van der Waals surface area contributed by atoms with Gasteiger partial charge in [-0.15, -0.1) is 0 Å². The van der Waals surface area contributed by atoms with Gasteiger partial charge in [-0.3, -0.25) is 0 Å². The number of hydrogen-bond donors (Lipinski definition) is 2. The van der Waals surface area contributed by atoms with Crippen LogP contribution in [-0.4, -0.2) is 21.7 Å². The van der Waals surface area contributed by atoms with Gasteiger partial charge < -0.3 is 14.6 Å². The van der Waals surface area contributed by atoms with Crippen LogP contribution in [0.15, 0.2) is 72.7 Å². The molecule has 1 heterocycles. The number of rotatable bonds is 2. The Labute approximate surface area is 136 Å². The molecule has 0 saturated carbocycles. The van der Waals surface area contributed by atoms with Crippen LogP contribution in [0.2, 0.25) is 0 Å². The zero-order chi connectivity index (χ0) is 20.3. The minimum Gasteiger partial charge on any atom is -0.423 e. The summed E-state index contributed by atoms with van der Waals surface area (Å²) in [6.45, 7) is 0. The number of fused-ring (bicyclic) bond motifs is 3. The van der Waals surface area contributed by atoms with Crippen molar-refractivity contribution in [3.05, 3.63) is 72.7 Å². The molecule has 4 heteroatoms. The van der Waals surface area contributed by atoms with Gasteiger partial charge in [0.1, 0.15) is 0 Å². The third-order valence-corrected chi connectivity index (χ3v) is 3.58. The highest BCUT2D eigenvalue weighted by atomic mass is 16.4. The number of hydrogen-bond acceptors (Lipinski definition) is 2. The fourth-order valence-corrected chi connectivity index (χ4v) is 2.57. The van der Waals surface area contributed by atoms with E-state index >= 15 is 0 Å². The molecule has 0 bridgehead atoms. The van der Waals surface area contributed by atoms with Crippen LogP contribution in [0, 0.1) is 0 Å². The van der Waals surface area contributed by atoms with Crippen molar-refractivity contribution in [3.63, 3.8) is 0 Å². The van der Waals surface area contributed by atoms with Gasteiger partial charge in [-0.25, -0.2) is 0 Å². The fraction of sp³-hybridized carbons (Fsp3) is 0. The first-order chi connectivity index (χ1) is 13.2. The van der Waals surface area contributed by atoms with Crippen molar-refractivity contribution in [2.45, 2.75) is 0 Å². The Morgan fingerprint density at radius 3 is 1.86 bits per heavy atom. The van der Waals surface area contributed by atoms with E-state index in [9.17, 15) is 10.0 Å². The lowest BCUT2D eigenvalue weighted by Gasteiger charge is -2.08. The van der Waals surface area contributed by atoms with Gasteiger partial charge in [0, 0.05) is 16.5 Å². The van der Waals surface area contributed by atoms with Crippen LogP contribution in [0.4, 0.5) is 0 Å². The van der Waals surface area contributed by atoms with Crippen LogP contribution in [0.3, 0.4) is 0 Å². The third kappa shape index (κ3) is 1.93. The molecule has 0 aliphatic carbocycles. The average molecular weight is 293 g/mol. The van der Waals surface area contributed by atoms with Gasteiger partial charge in [-0.2, -0.15) is 0 Å². The Kier molecular flexibility index (Phi) is 1.87. The Hall–Kier alpha value is -2.56. The molecule has 0 fully saturated rings. The Morgan fingerprint density at radius 2 is 1.36 bits per heavy atom. The minimum absolute atomic E-state index is 0.0381. The standard InChI is InChI=1S/C18H14BNO2/c21-19(22)13-9-11-14(12-10-13)20-17-7-3-1-5-15(17)16-6-2-4-8-18(16)20/h1-12,21-22H/i1D,2D,5D,6D,7D,8D. The molecule has 4 aromatic rings. The lowest BCUT2D eigenvalue weighted by Crippen LogP contribution is -2.29. The van der Waals surface area contributed by atoms with E-state index in [4.69, 9.17) is 8.22 Å². The summed E-state index contributed by atoms with van der Waals surface area (Å²) in [5.41, 5.74) is 1.30. The Bertz CT molecular complexity index is 1180. The second kappa shape index (κ2) is 5.02. The van der Waals surface area contributed by atoms with Crippen molar-refractivity contribution < 1.29 is 18.3 Å². The minimum atomic E-state index is -1.64. The predicted octanol–water partition coefficient (Wildman–Crippen LogP) is 2.46. The predicted molar refractivity (Wildman–Crippen MR) is 90.6 cm³/mol. The molecule has 0 saturated heterocycles. The van der Waals surface area contributed by atoms with Crippen molar-refractivity contribution in [1.29, 1.82) is 0 Å². The molecule has 22 heavy (non-hydrogen) atoms. The van der Waals surface area contributed by atoms with E-state index in [1.54, 1.807) is 16.7 Å². The lowest BCUT2D eigenvalue weighted by atomic mass is 9.80. The highest BCUT2D eigenvalue weighted by molar-refractivity contribution is 6.58. The van der Waals surface area contributed by atoms with Gasteiger partial charge in [0.2, 0.25) is 0 Å². The van der Waals surface area contributed by atoms with E-state index in [0.717, 1.165) is 0 Å². The molecule has 0 spiro atoms. The normalized spacial score (nSPS) is 15.0. The molecule has 3 aromatic carbocycles. The average Bonchev–Trinajstić information content (AvgIpc) is 3.02. The molecular weight excluding hydrogens is 273 g/mol. The van der Waals surface area contributed by atoms with Gasteiger partial charge >= 0.3 is 7.12 Å². The topological polar surface area (TPSA) is 45.4 Å². The SMILES string of the molecule is [2H]c1cc([2H])c2c(c1[2H])c1c([2H])c([2H])cc([2H])c1n2-c1ccc(B(O)O)cc1. The van der Waals surface area contributed by atoms with Crippen LogP contribution in [-0.2, 0) is 0 Å². The van der Waals surface area contributed by atoms with E-state index in [1.807, 2.05) is 0 Å². The van der Waals surface area contributed by atoms with Crippen molar-refractivity contribution in [3.8, 4) is 5.69 Å². The maximum Gasteiger partial charge on any atom is 0.488 e. The second-order valence-electron chi connectivity index (χ2n) is 4.86. The smallest absolute Gasteiger partial charge is 0.423 e. The first kappa shape index (κ1) is 8.18. The number of nitrogens with zero attached hydrogens (tertiary/aromatic N) is 1. The van der Waals surface area contributed by atoms with Gasteiger partial charge in [0.25, 0.3) is 0 Å². The highest BCUT2D eigenvalue weighted by Crippen LogP contribution is 2.31. The first-order valence-corrected chi connectivity index (χ1v) is 6.70. The quantitative estimate of drug-likeness (QED) is 0.558. The molecule has 0 aliphatic rings. The first-order valence-electron chi connectivity index (χ1n) is 9.70. The van der Waals surface area contributed by atoms with Crippen LogP contribution in [0.5, 0.6) is 0 Å². The van der Waals surface area contributed by atoms with Crippen LogP contribution in [0.1, 0.15) is 8.22 Å². The molecule has 4 rings (SSSR count). The molecule has 3 nitrogen and oxygen atoms in total. The number of para-hydroxylation sites is 2. The second-order valence-corrected chi connectivity index (χ2v) is 4.86. The van der Waals surface area contributed by atoms with Crippen LogP contribution < -0.4 is 5.46 Å². The zero-order valence-electron chi connectivity index (χ0n) is 17.4. The van der Waals surface area contributed by atoms with E-state index in [2.05, 4.69) is 0 Å². The summed E-state index contributed by atoms with van der Waals surface area (Å²) in [5.74, 6) is 0. The summed E-state index contributed by atoms with van der Waals surface area (Å²) in [4.78, 5) is 0. The summed E-state index contributed by atoms with van der Waals surface area (Å²) in [7, 11) is -1.64. The van der Waals surface area contributed by atoms with Crippen LogP contribution in [0.25, 0.3) is 27.5 Å². The molecule has 106 valence electrons. The molecule has 0 aliphatic heterocycles. The third-order valence-electron chi connectivity index (χ3n) is 3.58. The molecule has 1 aromatic heterocycles.